The van der Waals surface area contributed by atoms with Crippen LogP contribution in [0, 0.1) is 11.3 Å². The summed E-state index contributed by atoms with van der Waals surface area (Å²) in [6.07, 6.45) is 5.23. The molecule has 2 N–H and O–H groups in total. The molecular weight excluding hydrogens is 454 g/mol. The van der Waals surface area contributed by atoms with Gasteiger partial charge in [-0.15, -0.1) is 0 Å². The second kappa shape index (κ2) is 10.6. The molecule has 0 radical (unpaired) electrons. The van der Waals surface area contributed by atoms with Crippen LogP contribution in [-0.2, 0) is 14.8 Å². The van der Waals surface area contributed by atoms with Gasteiger partial charge in [0.1, 0.15) is 10.6 Å². The van der Waals surface area contributed by atoms with Crippen molar-refractivity contribution in [2.45, 2.75) is 83.2 Å². The quantitative estimate of drug-likeness (QED) is 0.633. The van der Waals surface area contributed by atoms with E-state index in [2.05, 4.69) is 17.0 Å². The van der Waals surface area contributed by atoms with Gasteiger partial charge in [-0.25, -0.2) is 13.1 Å². The van der Waals surface area contributed by atoms with Crippen molar-refractivity contribution in [3.63, 3.8) is 0 Å². The molecule has 0 bridgehead atoms. The first kappa shape index (κ1) is 26.5. The highest BCUT2D eigenvalue weighted by atomic mass is 32.2. The van der Waals surface area contributed by atoms with Gasteiger partial charge in [0.25, 0.3) is 5.91 Å². The van der Waals surface area contributed by atoms with E-state index < -0.39 is 15.4 Å². The normalized spacial score (nSPS) is 22.3. The lowest BCUT2D eigenvalue weighted by atomic mass is 9.87. The number of amides is 2. The average Bonchev–Trinajstić information content (AvgIpc) is 2.79. The Morgan fingerprint density at radius 1 is 1.06 bits per heavy atom. The number of methoxy groups -OCH3 is 1. The molecule has 2 amide bonds. The predicted octanol–water partition coefficient (Wildman–Crippen LogP) is 3.32. The van der Waals surface area contributed by atoms with Gasteiger partial charge in [0, 0.05) is 36.2 Å². The van der Waals surface area contributed by atoms with E-state index in [-0.39, 0.29) is 46.0 Å². The van der Waals surface area contributed by atoms with Gasteiger partial charge in [-0.2, -0.15) is 0 Å². The fraction of sp³-hybridized carbons (Fsp3) is 0.680. The highest BCUT2D eigenvalue weighted by molar-refractivity contribution is 7.89. The number of benzene rings is 1. The second-order valence-corrected chi connectivity index (χ2v) is 12.3. The number of ether oxygens (including phenoxy) is 1. The molecule has 9 heteroatoms. The summed E-state index contributed by atoms with van der Waals surface area (Å²) in [6.45, 7) is 8.96. The smallest absolute Gasteiger partial charge is 0.251 e. The monoisotopic (exact) mass is 493 g/mol. The molecule has 1 heterocycles. The molecule has 2 atom stereocenters. The van der Waals surface area contributed by atoms with Gasteiger partial charge >= 0.3 is 0 Å². The van der Waals surface area contributed by atoms with E-state index in [4.69, 9.17) is 4.74 Å². The van der Waals surface area contributed by atoms with Gasteiger partial charge in [0.2, 0.25) is 15.9 Å². The van der Waals surface area contributed by atoms with E-state index in [9.17, 15) is 18.0 Å². The Hall–Kier alpha value is -2.13. The largest absolute Gasteiger partial charge is 0.495 e. The summed E-state index contributed by atoms with van der Waals surface area (Å²) in [5, 5.41) is 3.01. The van der Waals surface area contributed by atoms with Gasteiger partial charge in [-0.1, -0.05) is 40.5 Å². The lowest BCUT2D eigenvalue weighted by Gasteiger charge is -2.36. The SMILES string of the molecule is COc1ccc(C(=O)NC2CCN(C(=O)C(C)(C)C)CC2)cc1S(=O)(=O)NC1CCCCC1C. The zero-order chi connectivity index (χ0) is 25.1. The summed E-state index contributed by atoms with van der Waals surface area (Å²) in [5.74, 6) is 0.256. The maximum atomic E-state index is 13.2. The van der Waals surface area contributed by atoms with Crippen molar-refractivity contribution in [3.05, 3.63) is 23.8 Å². The topological polar surface area (TPSA) is 105 Å². The third kappa shape index (κ3) is 6.30. The minimum absolute atomic E-state index is 0.0222. The maximum Gasteiger partial charge on any atom is 0.251 e. The molecule has 1 aliphatic carbocycles. The molecule has 34 heavy (non-hydrogen) atoms. The summed E-state index contributed by atoms with van der Waals surface area (Å²) in [5.41, 5.74) is -0.157. The number of hydrogen-bond donors (Lipinski definition) is 2. The van der Waals surface area contributed by atoms with Crippen molar-refractivity contribution in [2.75, 3.05) is 20.2 Å². The number of carbonyl (C=O) groups excluding carboxylic acids is 2. The Morgan fingerprint density at radius 2 is 1.71 bits per heavy atom. The molecule has 8 nitrogen and oxygen atoms in total. The Kier molecular flexibility index (Phi) is 8.29. The highest BCUT2D eigenvalue weighted by Gasteiger charge is 2.32. The van der Waals surface area contributed by atoms with Crippen molar-refractivity contribution < 1.29 is 22.7 Å². The van der Waals surface area contributed by atoms with Gasteiger partial charge in [0.05, 0.1) is 7.11 Å². The molecule has 2 aliphatic rings. The fourth-order valence-corrected chi connectivity index (χ4v) is 6.33. The van der Waals surface area contributed by atoms with Crippen molar-refractivity contribution in [2.24, 2.45) is 11.3 Å². The minimum Gasteiger partial charge on any atom is -0.495 e. The molecule has 0 aromatic heterocycles. The Morgan fingerprint density at radius 3 is 2.29 bits per heavy atom. The predicted molar refractivity (Wildman–Crippen MR) is 131 cm³/mol. The van der Waals surface area contributed by atoms with Crippen LogP contribution in [0.4, 0.5) is 0 Å². The van der Waals surface area contributed by atoms with Crippen molar-refractivity contribution >= 4 is 21.8 Å². The number of sulfonamides is 1. The van der Waals surface area contributed by atoms with Crippen LogP contribution in [0.5, 0.6) is 5.75 Å². The summed E-state index contributed by atoms with van der Waals surface area (Å²) in [4.78, 5) is 27.3. The number of likely N-dealkylation sites (tertiary alicyclic amines) is 1. The summed E-state index contributed by atoms with van der Waals surface area (Å²) in [7, 11) is -2.43. The molecule has 190 valence electrons. The van der Waals surface area contributed by atoms with E-state index in [1.54, 1.807) is 6.07 Å². The maximum absolute atomic E-state index is 13.2. The van der Waals surface area contributed by atoms with Crippen LogP contribution in [0.1, 0.15) is 76.6 Å². The lowest BCUT2D eigenvalue weighted by Crippen LogP contribution is -2.49. The van der Waals surface area contributed by atoms with Crippen LogP contribution in [0.2, 0.25) is 0 Å². The molecule has 1 aromatic rings. The first-order valence-electron chi connectivity index (χ1n) is 12.2. The zero-order valence-electron chi connectivity index (χ0n) is 21.0. The molecule has 0 spiro atoms. The van der Waals surface area contributed by atoms with Crippen LogP contribution in [0.15, 0.2) is 23.1 Å². The molecule has 1 saturated carbocycles. The number of nitrogens with one attached hydrogen (secondary N) is 2. The number of rotatable bonds is 6. The number of carbonyl (C=O) groups is 2. The Bertz CT molecular complexity index is 994. The van der Waals surface area contributed by atoms with Crippen LogP contribution < -0.4 is 14.8 Å². The van der Waals surface area contributed by atoms with Crippen molar-refractivity contribution in [1.29, 1.82) is 0 Å². The van der Waals surface area contributed by atoms with Crippen LogP contribution in [0.3, 0.4) is 0 Å². The van der Waals surface area contributed by atoms with Crippen molar-refractivity contribution in [3.8, 4) is 5.75 Å². The summed E-state index contributed by atoms with van der Waals surface area (Å²) in [6, 6.07) is 4.30. The Balaban J connectivity index is 1.69. The van der Waals surface area contributed by atoms with Gasteiger partial charge in [0.15, 0.2) is 0 Å². The second-order valence-electron chi connectivity index (χ2n) is 10.6. The molecule has 1 saturated heterocycles. The minimum atomic E-state index is -3.85. The van der Waals surface area contributed by atoms with E-state index in [0.717, 1.165) is 25.7 Å². The number of nitrogens with zero attached hydrogens (tertiary/aromatic N) is 1. The third-order valence-electron chi connectivity index (χ3n) is 6.89. The molecular formula is C25H39N3O5S. The standard InChI is InChI=1S/C25H39N3O5S/c1-17-8-6-7-9-20(17)27-34(31,32)22-16-18(10-11-21(22)33-5)23(29)26-19-12-14-28(15-13-19)24(30)25(2,3)4/h10-11,16-17,19-20,27H,6-9,12-15H2,1-5H3,(H,26,29). The van der Waals surface area contributed by atoms with Crippen LogP contribution >= 0.6 is 0 Å². The zero-order valence-corrected chi connectivity index (χ0v) is 21.8. The first-order chi connectivity index (χ1) is 15.9. The number of piperidine rings is 1. The van der Waals surface area contributed by atoms with Gasteiger partial charge in [-0.3, -0.25) is 9.59 Å². The van der Waals surface area contributed by atoms with Crippen LogP contribution in [-0.4, -0.2) is 57.4 Å². The molecule has 2 unspecified atom stereocenters. The Labute approximate surface area is 203 Å². The van der Waals surface area contributed by atoms with E-state index in [1.807, 2.05) is 25.7 Å². The van der Waals surface area contributed by atoms with E-state index in [1.165, 1.54) is 19.2 Å². The average molecular weight is 494 g/mol. The van der Waals surface area contributed by atoms with Gasteiger partial charge < -0.3 is 15.0 Å². The molecule has 2 fully saturated rings. The summed E-state index contributed by atoms with van der Waals surface area (Å²) >= 11 is 0. The van der Waals surface area contributed by atoms with Gasteiger partial charge in [-0.05, 0) is 49.8 Å². The molecule has 1 aliphatic heterocycles. The first-order valence-corrected chi connectivity index (χ1v) is 13.7. The van der Waals surface area contributed by atoms with E-state index in [0.29, 0.717) is 25.9 Å². The third-order valence-corrected chi connectivity index (χ3v) is 8.40. The molecule has 1 aromatic carbocycles. The van der Waals surface area contributed by atoms with Crippen LogP contribution in [0.25, 0.3) is 0 Å². The molecule has 3 rings (SSSR count). The fourth-order valence-electron chi connectivity index (χ4n) is 4.75. The number of hydrogen-bond acceptors (Lipinski definition) is 5. The van der Waals surface area contributed by atoms with Crippen molar-refractivity contribution in [1.82, 2.24) is 14.9 Å². The summed E-state index contributed by atoms with van der Waals surface area (Å²) < 4.78 is 34.6. The lowest BCUT2D eigenvalue weighted by molar-refractivity contribution is -0.140. The highest BCUT2D eigenvalue weighted by Crippen LogP contribution is 2.29. The van der Waals surface area contributed by atoms with E-state index >= 15 is 0 Å².